The summed E-state index contributed by atoms with van der Waals surface area (Å²) >= 11 is 0. The molecule has 2 atom stereocenters. The van der Waals surface area contributed by atoms with Crippen molar-refractivity contribution >= 4 is 5.91 Å². The number of carbonyl (C=O) groups excluding carboxylic acids is 1. The SMILES string of the molecule is CCCCCCCCCCCCCCCC/C=C/C(=O)N(CC1CO1)CC1CO1. The summed E-state index contributed by atoms with van der Waals surface area (Å²) in [6.07, 6.45) is 24.7. The first-order valence-corrected chi connectivity index (χ1v) is 12.5. The fourth-order valence-corrected chi connectivity index (χ4v) is 3.84. The third kappa shape index (κ3) is 13.9. The number of hydrogen-bond donors (Lipinski definition) is 0. The van der Waals surface area contributed by atoms with E-state index in [1.165, 1.54) is 89.9 Å². The topological polar surface area (TPSA) is 45.4 Å². The van der Waals surface area contributed by atoms with Crippen LogP contribution >= 0.6 is 0 Å². The highest BCUT2D eigenvalue weighted by Crippen LogP contribution is 2.17. The molecule has 2 saturated heterocycles. The Balaban J connectivity index is 1.34. The molecular weight excluding hydrogens is 362 g/mol. The number of unbranched alkanes of at least 4 members (excludes halogenated alkanes) is 14. The maximum Gasteiger partial charge on any atom is 0.246 e. The van der Waals surface area contributed by atoms with E-state index in [0.29, 0.717) is 13.1 Å². The average molecular weight is 408 g/mol. The zero-order valence-electron chi connectivity index (χ0n) is 18.9. The van der Waals surface area contributed by atoms with E-state index in [0.717, 1.165) is 19.6 Å². The minimum atomic E-state index is 0.112. The Labute approximate surface area is 179 Å². The van der Waals surface area contributed by atoms with Crippen molar-refractivity contribution in [2.75, 3.05) is 26.3 Å². The van der Waals surface area contributed by atoms with E-state index in [2.05, 4.69) is 13.0 Å². The lowest BCUT2D eigenvalue weighted by molar-refractivity contribution is -0.126. The quantitative estimate of drug-likeness (QED) is 0.140. The van der Waals surface area contributed by atoms with Gasteiger partial charge in [-0.2, -0.15) is 0 Å². The summed E-state index contributed by atoms with van der Waals surface area (Å²) in [4.78, 5) is 14.2. The Hall–Kier alpha value is -0.870. The van der Waals surface area contributed by atoms with Crippen LogP contribution in [0.3, 0.4) is 0 Å². The predicted molar refractivity (Wildman–Crippen MR) is 120 cm³/mol. The Bertz CT molecular complexity index is 429. The van der Waals surface area contributed by atoms with E-state index in [-0.39, 0.29) is 18.1 Å². The van der Waals surface area contributed by atoms with Crippen molar-refractivity contribution in [1.29, 1.82) is 0 Å². The van der Waals surface area contributed by atoms with Gasteiger partial charge in [0.15, 0.2) is 0 Å². The lowest BCUT2D eigenvalue weighted by Gasteiger charge is -2.18. The lowest BCUT2D eigenvalue weighted by Crippen LogP contribution is -2.36. The second kappa shape index (κ2) is 15.9. The van der Waals surface area contributed by atoms with Gasteiger partial charge in [-0.1, -0.05) is 96.5 Å². The molecule has 168 valence electrons. The van der Waals surface area contributed by atoms with Crippen molar-refractivity contribution in [3.05, 3.63) is 12.2 Å². The summed E-state index contributed by atoms with van der Waals surface area (Å²) in [6, 6.07) is 0. The van der Waals surface area contributed by atoms with E-state index in [1.54, 1.807) is 6.08 Å². The highest BCUT2D eigenvalue weighted by atomic mass is 16.6. The normalized spacial score (nSPS) is 20.3. The molecule has 0 N–H and O–H groups in total. The van der Waals surface area contributed by atoms with Crippen LogP contribution in [-0.2, 0) is 14.3 Å². The van der Waals surface area contributed by atoms with Crippen molar-refractivity contribution in [2.24, 2.45) is 0 Å². The van der Waals surface area contributed by atoms with Gasteiger partial charge in [0.1, 0.15) is 0 Å². The summed E-state index contributed by atoms with van der Waals surface area (Å²) in [5.41, 5.74) is 0. The van der Waals surface area contributed by atoms with Crippen LogP contribution in [0.2, 0.25) is 0 Å². The van der Waals surface area contributed by atoms with Crippen molar-refractivity contribution in [1.82, 2.24) is 4.90 Å². The second-order valence-electron chi connectivity index (χ2n) is 8.94. The van der Waals surface area contributed by atoms with Crippen molar-refractivity contribution in [3.8, 4) is 0 Å². The maximum atomic E-state index is 12.3. The van der Waals surface area contributed by atoms with Gasteiger partial charge < -0.3 is 14.4 Å². The smallest absolute Gasteiger partial charge is 0.246 e. The Morgan fingerprint density at radius 1 is 0.759 bits per heavy atom. The van der Waals surface area contributed by atoms with E-state index in [9.17, 15) is 4.79 Å². The number of amides is 1. The van der Waals surface area contributed by atoms with Crippen LogP contribution in [0, 0.1) is 0 Å². The van der Waals surface area contributed by atoms with Crippen LogP contribution in [0.4, 0.5) is 0 Å². The molecule has 0 aromatic heterocycles. The first-order chi connectivity index (χ1) is 14.3. The molecule has 29 heavy (non-hydrogen) atoms. The van der Waals surface area contributed by atoms with Gasteiger partial charge in [0.05, 0.1) is 25.4 Å². The van der Waals surface area contributed by atoms with E-state index in [4.69, 9.17) is 9.47 Å². The molecule has 2 aliphatic heterocycles. The van der Waals surface area contributed by atoms with Gasteiger partial charge >= 0.3 is 0 Å². The van der Waals surface area contributed by atoms with Crippen molar-refractivity contribution in [2.45, 2.75) is 115 Å². The molecule has 0 aromatic carbocycles. The number of nitrogens with zero attached hydrogens (tertiary/aromatic N) is 1. The molecule has 4 nitrogen and oxygen atoms in total. The molecule has 2 aliphatic rings. The Morgan fingerprint density at radius 3 is 1.59 bits per heavy atom. The standard InChI is InChI=1S/C25H45NO3/c1-2-3-4-5-6-7-8-9-10-11-12-13-14-15-16-17-18-25(27)26(19-23-21-28-23)20-24-22-29-24/h17-18,23-24H,2-16,19-22H2,1H3/b18-17+. The third-order valence-corrected chi connectivity index (χ3v) is 5.95. The van der Waals surface area contributed by atoms with Gasteiger partial charge in [0.25, 0.3) is 0 Å². The summed E-state index contributed by atoms with van der Waals surface area (Å²) < 4.78 is 10.5. The Kier molecular flexibility index (Phi) is 13.4. The largest absolute Gasteiger partial charge is 0.371 e. The van der Waals surface area contributed by atoms with E-state index in [1.807, 2.05) is 4.90 Å². The minimum Gasteiger partial charge on any atom is -0.371 e. The Morgan fingerprint density at radius 2 is 1.17 bits per heavy atom. The molecule has 1 amide bonds. The zero-order valence-corrected chi connectivity index (χ0v) is 18.9. The summed E-state index contributed by atoms with van der Waals surface area (Å²) in [7, 11) is 0. The van der Waals surface area contributed by atoms with Crippen molar-refractivity contribution < 1.29 is 14.3 Å². The van der Waals surface area contributed by atoms with Gasteiger partial charge in [-0.15, -0.1) is 0 Å². The van der Waals surface area contributed by atoms with Gasteiger partial charge in [0, 0.05) is 13.1 Å². The molecule has 0 saturated carbocycles. The molecular formula is C25H45NO3. The second-order valence-corrected chi connectivity index (χ2v) is 8.94. The van der Waals surface area contributed by atoms with Gasteiger partial charge in [0.2, 0.25) is 5.91 Å². The van der Waals surface area contributed by atoms with E-state index >= 15 is 0 Å². The van der Waals surface area contributed by atoms with Crippen LogP contribution in [0.15, 0.2) is 12.2 Å². The molecule has 2 rings (SSSR count). The molecule has 2 heterocycles. The number of rotatable bonds is 20. The van der Waals surface area contributed by atoms with Gasteiger partial charge in [-0.3, -0.25) is 4.79 Å². The number of hydrogen-bond acceptors (Lipinski definition) is 3. The maximum absolute atomic E-state index is 12.3. The van der Waals surface area contributed by atoms with Crippen LogP contribution < -0.4 is 0 Å². The molecule has 0 radical (unpaired) electrons. The highest BCUT2D eigenvalue weighted by Gasteiger charge is 2.32. The monoisotopic (exact) mass is 407 g/mol. The first kappa shape index (κ1) is 24.4. The van der Waals surface area contributed by atoms with Gasteiger partial charge in [-0.25, -0.2) is 0 Å². The molecule has 0 spiro atoms. The summed E-state index contributed by atoms with van der Waals surface area (Å²) in [5, 5.41) is 0. The van der Waals surface area contributed by atoms with Crippen LogP contribution in [0.25, 0.3) is 0 Å². The van der Waals surface area contributed by atoms with Crippen LogP contribution in [0.1, 0.15) is 103 Å². The van der Waals surface area contributed by atoms with Crippen molar-refractivity contribution in [3.63, 3.8) is 0 Å². The number of ether oxygens (including phenoxy) is 2. The van der Waals surface area contributed by atoms with E-state index < -0.39 is 0 Å². The molecule has 0 bridgehead atoms. The fourth-order valence-electron chi connectivity index (χ4n) is 3.84. The van der Waals surface area contributed by atoms with Crippen LogP contribution in [-0.4, -0.2) is 49.3 Å². The minimum absolute atomic E-state index is 0.112. The first-order valence-electron chi connectivity index (χ1n) is 12.5. The highest BCUT2D eigenvalue weighted by molar-refractivity contribution is 5.87. The van der Waals surface area contributed by atoms with Gasteiger partial charge in [-0.05, 0) is 18.9 Å². The number of allylic oxidation sites excluding steroid dienone is 1. The average Bonchev–Trinajstić information content (AvgIpc) is 3.63. The molecule has 2 unspecified atom stereocenters. The lowest BCUT2D eigenvalue weighted by atomic mass is 10.0. The predicted octanol–water partition coefficient (Wildman–Crippen LogP) is 6.04. The number of epoxide rings is 2. The molecule has 4 heteroatoms. The van der Waals surface area contributed by atoms with Crippen LogP contribution in [0.5, 0.6) is 0 Å². The summed E-state index contributed by atoms with van der Waals surface area (Å²) in [6.45, 7) is 5.28. The molecule has 0 aliphatic carbocycles. The fraction of sp³-hybridized carbons (Fsp3) is 0.880. The number of carbonyl (C=O) groups is 1. The molecule has 2 fully saturated rings. The molecule has 0 aromatic rings. The zero-order chi connectivity index (χ0) is 20.6. The third-order valence-electron chi connectivity index (χ3n) is 5.95. The summed E-state index contributed by atoms with van der Waals surface area (Å²) in [5.74, 6) is 0.112.